The maximum absolute atomic E-state index is 14.9. The van der Waals surface area contributed by atoms with Gasteiger partial charge in [-0.05, 0) is 49.6 Å². The molecule has 3 aromatic rings. The largest absolute Gasteiger partial charge is 0.459 e. The summed E-state index contributed by atoms with van der Waals surface area (Å²) in [4.78, 5) is 28.2. The minimum atomic E-state index is -1.05. The van der Waals surface area contributed by atoms with Crippen molar-refractivity contribution in [2.75, 3.05) is 4.90 Å². The van der Waals surface area contributed by atoms with Gasteiger partial charge in [-0.15, -0.1) is 0 Å². The van der Waals surface area contributed by atoms with Crippen molar-refractivity contribution >= 4 is 17.5 Å². The van der Waals surface area contributed by atoms with Crippen LogP contribution in [0.2, 0.25) is 0 Å². The summed E-state index contributed by atoms with van der Waals surface area (Å²) in [5.74, 6) is -1.47. The molecule has 1 heterocycles. The van der Waals surface area contributed by atoms with Crippen LogP contribution in [0.25, 0.3) is 0 Å². The molecular formula is C25H25FN2O3. The Labute approximate surface area is 180 Å². The molecule has 0 radical (unpaired) electrons. The lowest BCUT2D eigenvalue weighted by Crippen LogP contribution is -2.46. The Balaban J connectivity index is 1.82. The quantitative estimate of drug-likeness (QED) is 0.598. The van der Waals surface area contributed by atoms with Crippen molar-refractivity contribution in [3.05, 3.63) is 89.6 Å². The van der Waals surface area contributed by atoms with E-state index in [-0.39, 0.29) is 23.4 Å². The van der Waals surface area contributed by atoms with Crippen LogP contribution in [0.1, 0.15) is 53.4 Å². The maximum Gasteiger partial charge on any atom is 0.295 e. The first kappa shape index (κ1) is 20.8. The molecule has 0 spiro atoms. The fourth-order valence-corrected chi connectivity index (χ4v) is 4.05. The minimum Gasteiger partial charge on any atom is -0.459 e. The van der Waals surface area contributed by atoms with Crippen LogP contribution < -0.4 is 10.2 Å². The van der Waals surface area contributed by atoms with Gasteiger partial charge < -0.3 is 9.73 Å². The van der Waals surface area contributed by atoms with Gasteiger partial charge in [0.05, 0.1) is 12.0 Å². The van der Waals surface area contributed by atoms with Crippen LogP contribution in [-0.4, -0.2) is 17.9 Å². The number of anilines is 1. The van der Waals surface area contributed by atoms with Gasteiger partial charge >= 0.3 is 0 Å². The van der Waals surface area contributed by atoms with Crippen LogP contribution in [0, 0.1) is 12.7 Å². The Morgan fingerprint density at radius 3 is 2.39 bits per heavy atom. The van der Waals surface area contributed by atoms with Crippen molar-refractivity contribution in [2.24, 2.45) is 0 Å². The van der Waals surface area contributed by atoms with E-state index in [4.69, 9.17) is 4.42 Å². The summed E-state index contributed by atoms with van der Waals surface area (Å²) in [5.41, 5.74) is 1.65. The third-order valence-corrected chi connectivity index (χ3v) is 5.66. The van der Waals surface area contributed by atoms with Gasteiger partial charge in [-0.3, -0.25) is 14.5 Å². The molecule has 1 N–H and O–H groups in total. The number of amides is 2. The number of halogens is 1. The van der Waals surface area contributed by atoms with Crippen molar-refractivity contribution in [2.45, 2.75) is 44.7 Å². The molecule has 0 bridgehead atoms. The lowest BCUT2D eigenvalue weighted by atomic mass is 10.0. The summed E-state index contributed by atoms with van der Waals surface area (Å²) in [7, 11) is 0. The topological polar surface area (TPSA) is 62.6 Å². The standard InChI is InChI=1S/C25H25FN2O3/c1-17-12-14-18(15-13-17)23(24(29)27-19-7-2-3-8-19)28(21-10-5-4-9-20(21)26)25(30)22-11-6-16-31-22/h4-6,9-16,19,23H,2-3,7-8H2,1H3,(H,27,29). The molecule has 1 unspecified atom stereocenters. The average molecular weight is 420 g/mol. The molecule has 1 atom stereocenters. The van der Waals surface area contributed by atoms with E-state index in [1.165, 1.54) is 29.4 Å². The maximum atomic E-state index is 14.9. The smallest absolute Gasteiger partial charge is 0.295 e. The van der Waals surface area contributed by atoms with Crippen LogP contribution in [0.3, 0.4) is 0 Å². The number of aryl methyl sites for hydroxylation is 1. The summed E-state index contributed by atoms with van der Waals surface area (Å²) in [5, 5.41) is 3.08. The summed E-state index contributed by atoms with van der Waals surface area (Å²) in [6.45, 7) is 1.94. The van der Waals surface area contributed by atoms with E-state index in [0.717, 1.165) is 31.2 Å². The van der Waals surface area contributed by atoms with Gasteiger partial charge in [0, 0.05) is 6.04 Å². The molecule has 0 aliphatic heterocycles. The van der Waals surface area contributed by atoms with Crippen molar-refractivity contribution in [3.63, 3.8) is 0 Å². The van der Waals surface area contributed by atoms with Crippen LogP contribution in [-0.2, 0) is 4.79 Å². The number of hydrogen-bond donors (Lipinski definition) is 1. The third kappa shape index (κ3) is 4.53. The van der Waals surface area contributed by atoms with E-state index < -0.39 is 17.8 Å². The zero-order chi connectivity index (χ0) is 21.8. The van der Waals surface area contributed by atoms with Crippen LogP contribution >= 0.6 is 0 Å². The van der Waals surface area contributed by atoms with Gasteiger partial charge in [0.1, 0.15) is 11.9 Å². The lowest BCUT2D eigenvalue weighted by molar-refractivity contribution is -0.123. The summed E-state index contributed by atoms with van der Waals surface area (Å²) >= 11 is 0. The average Bonchev–Trinajstić information content (AvgIpc) is 3.47. The molecule has 160 valence electrons. The number of nitrogens with one attached hydrogen (secondary N) is 1. The van der Waals surface area contributed by atoms with E-state index in [2.05, 4.69) is 5.32 Å². The number of nitrogens with zero attached hydrogens (tertiary/aromatic N) is 1. The lowest BCUT2D eigenvalue weighted by Gasteiger charge is -2.32. The van der Waals surface area contributed by atoms with Crippen LogP contribution in [0.5, 0.6) is 0 Å². The summed E-state index contributed by atoms with van der Waals surface area (Å²) in [6.07, 6.45) is 5.30. The monoisotopic (exact) mass is 420 g/mol. The highest BCUT2D eigenvalue weighted by atomic mass is 19.1. The number of benzene rings is 2. The molecule has 5 nitrogen and oxygen atoms in total. The Bertz CT molecular complexity index is 1040. The molecule has 6 heteroatoms. The van der Waals surface area contributed by atoms with Gasteiger partial charge in [0.15, 0.2) is 5.76 Å². The molecular weight excluding hydrogens is 395 g/mol. The van der Waals surface area contributed by atoms with Crippen LogP contribution in [0.15, 0.2) is 71.3 Å². The Morgan fingerprint density at radius 1 is 1.03 bits per heavy atom. The molecule has 0 saturated heterocycles. The third-order valence-electron chi connectivity index (χ3n) is 5.66. The molecule has 31 heavy (non-hydrogen) atoms. The highest BCUT2D eigenvalue weighted by molar-refractivity contribution is 6.08. The summed E-state index contributed by atoms with van der Waals surface area (Å²) in [6, 6.07) is 15.4. The zero-order valence-corrected chi connectivity index (χ0v) is 17.4. The van der Waals surface area contributed by atoms with E-state index in [1.54, 1.807) is 30.3 Å². The predicted octanol–water partition coefficient (Wildman–Crippen LogP) is 5.17. The summed E-state index contributed by atoms with van der Waals surface area (Å²) < 4.78 is 20.2. The first-order chi connectivity index (χ1) is 15.0. The molecule has 1 aliphatic rings. The number of furan rings is 1. The first-order valence-electron chi connectivity index (χ1n) is 10.5. The molecule has 1 aromatic heterocycles. The molecule has 1 fully saturated rings. The highest BCUT2D eigenvalue weighted by Crippen LogP contribution is 2.32. The van der Waals surface area contributed by atoms with Crippen LogP contribution in [0.4, 0.5) is 10.1 Å². The van der Waals surface area contributed by atoms with Gasteiger partial charge in [0.25, 0.3) is 5.91 Å². The Hall–Kier alpha value is -3.41. The fraction of sp³-hybridized carbons (Fsp3) is 0.280. The second-order valence-electron chi connectivity index (χ2n) is 7.91. The number of para-hydroxylation sites is 1. The molecule has 2 aromatic carbocycles. The minimum absolute atomic E-state index is 0.0241. The number of carbonyl (C=O) groups excluding carboxylic acids is 2. The van der Waals surface area contributed by atoms with E-state index in [0.29, 0.717) is 5.56 Å². The molecule has 1 aliphatic carbocycles. The van der Waals surface area contributed by atoms with E-state index >= 15 is 0 Å². The number of hydrogen-bond acceptors (Lipinski definition) is 3. The van der Waals surface area contributed by atoms with Gasteiger partial charge in [-0.1, -0.05) is 54.8 Å². The van der Waals surface area contributed by atoms with Gasteiger partial charge in [-0.2, -0.15) is 0 Å². The predicted molar refractivity (Wildman–Crippen MR) is 116 cm³/mol. The SMILES string of the molecule is Cc1ccc(C(C(=O)NC2CCCC2)N(C(=O)c2ccco2)c2ccccc2F)cc1. The van der Waals surface area contributed by atoms with Crippen molar-refractivity contribution in [1.82, 2.24) is 5.32 Å². The second-order valence-corrected chi connectivity index (χ2v) is 7.91. The second kappa shape index (κ2) is 9.16. The number of rotatable bonds is 6. The van der Waals surface area contributed by atoms with Crippen molar-refractivity contribution < 1.29 is 18.4 Å². The Morgan fingerprint density at radius 2 is 1.74 bits per heavy atom. The van der Waals surface area contributed by atoms with Crippen molar-refractivity contribution in [3.8, 4) is 0 Å². The Kier molecular flexibility index (Phi) is 6.16. The van der Waals surface area contributed by atoms with Gasteiger partial charge in [-0.25, -0.2) is 4.39 Å². The normalized spacial score (nSPS) is 14.9. The van der Waals surface area contributed by atoms with E-state index in [9.17, 15) is 14.0 Å². The first-order valence-corrected chi connectivity index (χ1v) is 10.5. The fourth-order valence-electron chi connectivity index (χ4n) is 4.05. The molecule has 2 amide bonds. The zero-order valence-electron chi connectivity index (χ0n) is 17.4. The van der Waals surface area contributed by atoms with Gasteiger partial charge in [0.2, 0.25) is 5.91 Å². The number of carbonyl (C=O) groups is 2. The highest BCUT2D eigenvalue weighted by Gasteiger charge is 2.36. The van der Waals surface area contributed by atoms with Crippen molar-refractivity contribution in [1.29, 1.82) is 0 Å². The molecule has 1 saturated carbocycles. The van der Waals surface area contributed by atoms with E-state index in [1.807, 2.05) is 19.1 Å². The molecule has 4 rings (SSSR count).